The number of hydrogen-bond acceptors (Lipinski definition) is 5. The molecule has 0 aromatic heterocycles. The van der Waals surface area contributed by atoms with E-state index in [-0.39, 0.29) is 30.0 Å². The van der Waals surface area contributed by atoms with E-state index in [4.69, 9.17) is 22.1 Å². The van der Waals surface area contributed by atoms with Gasteiger partial charge in [-0.2, -0.15) is 18.2 Å². The quantitative estimate of drug-likeness (QED) is 0.624. The van der Waals surface area contributed by atoms with Crippen LogP contribution in [0.5, 0.6) is 5.75 Å². The Balaban J connectivity index is 1.69. The number of benzene rings is 1. The molecule has 0 unspecified atom stereocenters. The molecule has 1 aromatic rings. The Kier molecular flexibility index (Phi) is 4.31. The van der Waals surface area contributed by atoms with Crippen molar-refractivity contribution in [3.63, 3.8) is 0 Å². The molecular formula is C15H13ClF4N2O4. The van der Waals surface area contributed by atoms with Crippen LogP contribution in [0.1, 0.15) is 19.3 Å². The lowest BCUT2D eigenvalue weighted by atomic mass is 9.44. The lowest BCUT2D eigenvalue weighted by Gasteiger charge is -2.70. The summed E-state index contributed by atoms with van der Waals surface area (Å²) in [5.74, 6) is -4.38. The van der Waals surface area contributed by atoms with Crippen molar-refractivity contribution in [2.75, 3.05) is 6.61 Å². The van der Waals surface area contributed by atoms with Gasteiger partial charge in [0, 0.05) is 11.6 Å². The van der Waals surface area contributed by atoms with Gasteiger partial charge in [0.1, 0.15) is 11.6 Å². The molecule has 2 bridgehead atoms. The number of halogens is 5. The minimum atomic E-state index is -5.26. The Bertz CT molecular complexity index is 751. The van der Waals surface area contributed by atoms with Gasteiger partial charge in [0.25, 0.3) is 5.91 Å². The summed E-state index contributed by atoms with van der Waals surface area (Å²) < 4.78 is 55.9. The highest BCUT2D eigenvalue weighted by atomic mass is 35.5. The first kappa shape index (κ1) is 18.7. The SMILES string of the molecule is NC12CC(N(OC(=O)C(F)(F)F)C(=O)COc3ccc(Cl)c(F)c3)(C1)C2. The predicted octanol–water partition coefficient (Wildman–Crippen LogP) is 2.34. The Hall–Kier alpha value is -2.07. The Morgan fingerprint density at radius 3 is 2.38 bits per heavy atom. The van der Waals surface area contributed by atoms with Crippen molar-refractivity contribution in [1.82, 2.24) is 5.06 Å². The Morgan fingerprint density at radius 1 is 1.27 bits per heavy atom. The van der Waals surface area contributed by atoms with Crippen molar-refractivity contribution in [2.45, 2.75) is 36.5 Å². The van der Waals surface area contributed by atoms with Gasteiger partial charge in [-0.1, -0.05) is 11.6 Å². The molecule has 0 atom stereocenters. The second kappa shape index (κ2) is 5.98. The molecule has 26 heavy (non-hydrogen) atoms. The van der Waals surface area contributed by atoms with Crippen molar-refractivity contribution in [3.8, 4) is 5.75 Å². The smallest absolute Gasteiger partial charge is 0.484 e. The summed E-state index contributed by atoms with van der Waals surface area (Å²) in [5, 5.41) is 0.232. The van der Waals surface area contributed by atoms with E-state index < -0.39 is 41.6 Å². The molecule has 3 fully saturated rings. The summed E-state index contributed by atoms with van der Waals surface area (Å²) in [6.45, 7) is -0.758. The zero-order chi connectivity index (χ0) is 19.3. The van der Waals surface area contributed by atoms with Crippen LogP contribution in [0.2, 0.25) is 5.02 Å². The molecule has 3 aliphatic carbocycles. The molecule has 2 N–H and O–H groups in total. The topological polar surface area (TPSA) is 81.9 Å². The van der Waals surface area contributed by atoms with Crippen LogP contribution in [-0.4, -0.2) is 40.8 Å². The number of nitrogens with two attached hydrogens (primary N) is 1. The van der Waals surface area contributed by atoms with Gasteiger partial charge in [0.15, 0.2) is 6.61 Å². The summed E-state index contributed by atoms with van der Waals surface area (Å²) in [5.41, 5.74) is 4.23. The molecule has 6 nitrogen and oxygen atoms in total. The number of rotatable bonds is 4. The molecule has 3 saturated carbocycles. The zero-order valence-electron chi connectivity index (χ0n) is 13.1. The fourth-order valence-electron chi connectivity index (χ4n) is 3.34. The Labute approximate surface area is 149 Å². The first-order valence-corrected chi connectivity index (χ1v) is 7.81. The molecule has 1 aromatic carbocycles. The van der Waals surface area contributed by atoms with Gasteiger partial charge in [-0.05, 0) is 31.4 Å². The van der Waals surface area contributed by atoms with Crippen molar-refractivity contribution >= 4 is 23.5 Å². The largest absolute Gasteiger partial charge is 0.493 e. The number of nitrogens with zero attached hydrogens (tertiary/aromatic N) is 1. The van der Waals surface area contributed by atoms with E-state index in [0.29, 0.717) is 5.06 Å². The summed E-state index contributed by atoms with van der Waals surface area (Å²) in [6.07, 6.45) is -4.62. The van der Waals surface area contributed by atoms with Crippen LogP contribution < -0.4 is 10.5 Å². The lowest BCUT2D eigenvalue weighted by molar-refractivity contribution is -0.298. The number of hydroxylamine groups is 2. The van der Waals surface area contributed by atoms with Gasteiger partial charge in [-0.3, -0.25) is 4.79 Å². The first-order valence-electron chi connectivity index (χ1n) is 7.43. The van der Waals surface area contributed by atoms with E-state index in [1.54, 1.807) is 0 Å². The van der Waals surface area contributed by atoms with Crippen LogP contribution in [0, 0.1) is 5.82 Å². The first-order chi connectivity index (χ1) is 11.9. The van der Waals surface area contributed by atoms with Crippen LogP contribution in [0.4, 0.5) is 17.6 Å². The molecule has 0 heterocycles. The second-order valence-corrected chi connectivity index (χ2v) is 6.95. The molecule has 0 radical (unpaired) electrons. The molecule has 0 spiro atoms. The van der Waals surface area contributed by atoms with E-state index in [0.717, 1.165) is 6.07 Å². The summed E-state index contributed by atoms with van der Waals surface area (Å²) >= 11 is 5.52. The maximum absolute atomic E-state index is 13.4. The maximum Gasteiger partial charge on any atom is 0.493 e. The van der Waals surface area contributed by atoms with E-state index in [9.17, 15) is 27.2 Å². The van der Waals surface area contributed by atoms with Crippen LogP contribution in [0.15, 0.2) is 18.2 Å². The van der Waals surface area contributed by atoms with Gasteiger partial charge in [-0.25, -0.2) is 9.18 Å². The maximum atomic E-state index is 13.4. The summed E-state index contributed by atoms with van der Waals surface area (Å²) in [4.78, 5) is 27.7. The number of carbonyl (C=O) groups is 2. The molecule has 0 aliphatic heterocycles. The van der Waals surface area contributed by atoms with Crippen molar-refractivity contribution in [2.24, 2.45) is 5.73 Å². The molecule has 1 amide bonds. The average Bonchev–Trinajstić information content (AvgIpc) is 2.48. The van der Waals surface area contributed by atoms with Gasteiger partial charge in [0.05, 0.1) is 10.6 Å². The van der Waals surface area contributed by atoms with Gasteiger partial charge in [0.2, 0.25) is 0 Å². The highest BCUT2D eigenvalue weighted by Crippen LogP contribution is 2.62. The second-order valence-electron chi connectivity index (χ2n) is 6.55. The van der Waals surface area contributed by atoms with E-state index in [2.05, 4.69) is 4.84 Å². The highest BCUT2D eigenvalue weighted by Gasteiger charge is 2.71. The van der Waals surface area contributed by atoms with E-state index in [1.807, 2.05) is 0 Å². The molecule has 4 rings (SSSR count). The predicted molar refractivity (Wildman–Crippen MR) is 79.4 cm³/mol. The van der Waals surface area contributed by atoms with E-state index >= 15 is 0 Å². The van der Waals surface area contributed by atoms with Crippen LogP contribution >= 0.6 is 11.6 Å². The zero-order valence-corrected chi connectivity index (χ0v) is 13.9. The standard InChI is InChI=1S/C15H13ClF4N2O4/c16-9-2-1-8(3-10(9)17)25-4-11(23)22(26-12(24)15(18,19)20)14-5-13(21,6-14)7-14/h1-3H,4-7,21H2. The lowest BCUT2D eigenvalue weighted by Crippen LogP contribution is -2.83. The van der Waals surface area contributed by atoms with Crippen LogP contribution in [0.3, 0.4) is 0 Å². The van der Waals surface area contributed by atoms with Crippen molar-refractivity contribution < 1.29 is 36.7 Å². The third-order valence-corrected chi connectivity index (χ3v) is 4.67. The summed E-state index contributed by atoms with van der Waals surface area (Å²) in [7, 11) is 0. The highest BCUT2D eigenvalue weighted by molar-refractivity contribution is 6.30. The summed E-state index contributed by atoms with van der Waals surface area (Å²) in [6, 6.07) is 3.38. The molecule has 142 valence electrons. The minimum Gasteiger partial charge on any atom is -0.484 e. The third kappa shape index (κ3) is 3.30. The van der Waals surface area contributed by atoms with Gasteiger partial charge < -0.3 is 15.3 Å². The van der Waals surface area contributed by atoms with E-state index in [1.165, 1.54) is 12.1 Å². The van der Waals surface area contributed by atoms with Gasteiger partial charge >= 0.3 is 12.1 Å². The fraction of sp³-hybridized carbons (Fsp3) is 0.467. The monoisotopic (exact) mass is 396 g/mol. The number of hydrogen-bond donors (Lipinski definition) is 1. The molecule has 11 heteroatoms. The number of ether oxygens (including phenoxy) is 1. The van der Waals surface area contributed by atoms with Gasteiger partial charge in [-0.15, -0.1) is 0 Å². The molecular weight excluding hydrogens is 384 g/mol. The average molecular weight is 397 g/mol. The van der Waals surface area contributed by atoms with Crippen molar-refractivity contribution in [1.29, 1.82) is 0 Å². The number of carbonyl (C=O) groups excluding carboxylic acids is 2. The third-order valence-electron chi connectivity index (χ3n) is 4.36. The normalized spacial score (nSPS) is 26.4. The number of amides is 1. The fourth-order valence-corrected chi connectivity index (χ4v) is 3.46. The Morgan fingerprint density at radius 2 is 1.88 bits per heavy atom. The number of alkyl halides is 3. The van der Waals surface area contributed by atoms with Crippen LogP contribution in [-0.2, 0) is 14.4 Å². The molecule has 3 aliphatic rings. The van der Waals surface area contributed by atoms with Crippen molar-refractivity contribution in [3.05, 3.63) is 29.0 Å². The minimum absolute atomic E-state index is 0.0600. The van der Waals surface area contributed by atoms with Crippen LogP contribution in [0.25, 0.3) is 0 Å². The molecule has 0 saturated heterocycles.